The number of nitrogens with one attached hydrogen (secondary N) is 2. The summed E-state index contributed by atoms with van der Waals surface area (Å²) in [5.74, 6) is 1.20. The van der Waals surface area contributed by atoms with Crippen LogP contribution in [-0.2, 0) is 16.6 Å². The summed E-state index contributed by atoms with van der Waals surface area (Å²) in [6, 6.07) is 16.5. The van der Waals surface area contributed by atoms with Crippen molar-refractivity contribution in [2.45, 2.75) is 38.3 Å². The molecule has 0 aliphatic heterocycles. The molecule has 0 saturated carbocycles. The molecule has 0 aliphatic carbocycles. The van der Waals surface area contributed by atoms with Crippen LogP contribution in [0.15, 0.2) is 71.8 Å². The number of hydrogen-bond acceptors (Lipinski definition) is 6. The highest BCUT2D eigenvalue weighted by atomic mass is 32.2. The molecule has 2 aromatic carbocycles. The van der Waals surface area contributed by atoms with E-state index in [2.05, 4.69) is 15.0 Å². The lowest BCUT2D eigenvalue weighted by Gasteiger charge is -2.11. The van der Waals surface area contributed by atoms with E-state index in [1.807, 2.05) is 25.1 Å². The van der Waals surface area contributed by atoms with Gasteiger partial charge in [-0.3, -0.25) is 4.79 Å². The minimum absolute atomic E-state index is 0.0411. The Labute approximate surface area is 194 Å². The highest BCUT2D eigenvalue weighted by Crippen LogP contribution is 2.30. The van der Waals surface area contributed by atoms with Crippen molar-refractivity contribution in [1.29, 1.82) is 0 Å². The molecule has 1 aromatic heterocycles. The fraction of sp³-hybridized carbons (Fsp3) is 0.250. The molecule has 9 heteroatoms. The van der Waals surface area contributed by atoms with E-state index >= 15 is 0 Å². The van der Waals surface area contributed by atoms with Crippen molar-refractivity contribution in [3.05, 3.63) is 78.0 Å². The third-order valence-electron chi connectivity index (χ3n) is 4.41. The normalized spacial score (nSPS) is 11.3. The summed E-state index contributed by atoms with van der Waals surface area (Å²) in [4.78, 5) is 16.9. The minimum Gasteiger partial charge on any atom is -0.490 e. The van der Waals surface area contributed by atoms with E-state index in [4.69, 9.17) is 9.47 Å². The Morgan fingerprint density at radius 3 is 2.45 bits per heavy atom. The first-order chi connectivity index (χ1) is 15.8. The van der Waals surface area contributed by atoms with E-state index in [1.165, 1.54) is 18.2 Å². The van der Waals surface area contributed by atoms with Gasteiger partial charge in [0.05, 0.1) is 11.5 Å². The van der Waals surface area contributed by atoms with Crippen LogP contribution in [0.2, 0.25) is 0 Å². The Morgan fingerprint density at radius 1 is 1.03 bits per heavy atom. The van der Waals surface area contributed by atoms with Gasteiger partial charge in [0, 0.05) is 30.4 Å². The molecule has 0 radical (unpaired) electrons. The van der Waals surface area contributed by atoms with Gasteiger partial charge in [-0.25, -0.2) is 18.1 Å². The van der Waals surface area contributed by atoms with Crippen molar-refractivity contribution in [2.24, 2.45) is 0 Å². The third kappa shape index (κ3) is 6.77. The van der Waals surface area contributed by atoms with Crippen molar-refractivity contribution in [1.82, 2.24) is 15.0 Å². The van der Waals surface area contributed by atoms with Crippen LogP contribution >= 0.6 is 0 Å². The number of carbonyl (C=O) groups excluding carboxylic acids is 1. The van der Waals surface area contributed by atoms with Gasteiger partial charge in [0.2, 0.25) is 15.9 Å². The summed E-state index contributed by atoms with van der Waals surface area (Å²) in [5.41, 5.74) is 1.01. The van der Waals surface area contributed by atoms with Crippen LogP contribution in [0.5, 0.6) is 17.4 Å². The van der Waals surface area contributed by atoms with Crippen molar-refractivity contribution in [2.75, 3.05) is 6.61 Å². The molecule has 33 heavy (non-hydrogen) atoms. The van der Waals surface area contributed by atoms with Crippen LogP contribution in [0.4, 0.5) is 0 Å². The number of sulfonamides is 1. The number of pyridine rings is 1. The summed E-state index contributed by atoms with van der Waals surface area (Å²) in [7, 11) is -3.68. The van der Waals surface area contributed by atoms with Crippen LogP contribution in [0, 0.1) is 0 Å². The van der Waals surface area contributed by atoms with E-state index in [1.54, 1.807) is 44.3 Å². The maximum absolute atomic E-state index is 12.5. The monoisotopic (exact) mass is 469 g/mol. The average molecular weight is 470 g/mol. The Morgan fingerprint density at radius 2 is 1.79 bits per heavy atom. The topological polar surface area (TPSA) is 107 Å². The minimum atomic E-state index is -3.68. The van der Waals surface area contributed by atoms with Gasteiger partial charge in [-0.1, -0.05) is 24.3 Å². The largest absolute Gasteiger partial charge is 0.490 e. The van der Waals surface area contributed by atoms with Gasteiger partial charge in [-0.15, -0.1) is 0 Å². The standard InChI is InChI=1S/C24H27N3O5S/c1-4-31-21-10-5-6-11-22(21)32-23-13-12-18(15-25-23)16-26-24(28)19-8-7-9-20(14-19)33(29,30)27-17(2)3/h5-15,17,27H,4,16H2,1-3H3,(H,26,28). The molecule has 1 heterocycles. The number of rotatable bonds is 10. The number of aromatic nitrogens is 1. The van der Waals surface area contributed by atoms with Gasteiger partial charge in [0.25, 0.3) is 5.91 Å². The molecular formula is C24H27N3O5S. The van der Waals surface area contributed by atoms with E-state index in [9.17, 15) is 13.2 Å². The molecule has 0 fully saturated rings. The number of hydrogen-bond donors (Lipinski definition) is 2. The SMILES string of the molecule is CCOc1ccccc1Oc1ccc(CNC(=O)c2cccc(S(=O)(=O)NC(C)C)c2)cn1. The Bertz CT molecular complexity index is 1190. The average Bonchev–Trinajstić information content (AvgIpc) is 2.79. The smallest absolute Gasteiger partial charge is 0.251 e. The van der Waals surface area contributed by atoms with Crippen molar-refractivity contribution in [3.63, 3.8) is 0 Å². The van der Waals surface area contributed by atoms with Crippen molar-refractivity contribution in [3.8, 4) is 17.4 Å². The van der Waals surface area contributed by atoms with Crippen molar-refractivity contribution >= 4 is 15.9 Å². The summed E-state index contributed by atoms with van der Waals surface area (Å²) in [6.45, 7) is 6.11. The van der Waals surface area contributed by atoms with Crippen molar-refractivity contribution < 1.29 is 22.7 Å². The van der Waals surface area contributed by atoms with E-state index in [0.717, 1.165) is 5.56 Å². The molecule has 2 N–H and O–H groups in total. The molecule has 0 bridgehead atoms. The number of amides is 1. The molecule has 0 spiro atoms. The number of nitrogens with zero attached hydrogens (tertiary/aromatic N) is 1. The number of para-hydroxylation sites is 2. The molecule has 1 amide bonds. The predicted octanol–water partition coefficient (Wildman–Crippen LogP) is 3.89. The third-order valence-corrected chi connectivity index (χ3v) is 6.07. The van der Waals surface area contributed by atoms with Gasteiger partial charge in [-0.2, -0.15) is 0 Å². The van der Waals surface area contributed by atoms with Crippen LogP contribution < -0.4 is 19.5 Å². The highest BCUT2D eigenvalue weighted by Gasteiger charge is 2.17. The highest BCUT2D eigenvalue weighted by molar-refractivity contribution is 7.89. The van der Waals surface area contributed by atoms with Gasteiger partial charge in [0.15, 0.2) is 11.5 Å². The molecule has 3 aromatic rings. The van der Waals surface area contributed by atoms with Gasteiger partial charge in [-0.05, 0) is 56.7 Å². The van der Waals surface area contributed by atoms with Gasteiger partial charge >= 0.3 is 0 Å². The predicted molar refractivity (Wildman–Crippen MR) is 125 cm³/mol. The lowest BCUT2D eigenvalue weighted by molar-refractivity contribution is 0.0950. The maximum Gasteiger partial charge on any atom is 0.251 e. The zero-order valence-electron chi connectivity index (χ0n) is 18.7. The van der Waals surface area contributed by atoms with Crippen LogP contribution in [0.1, 0.15) is 36.7 Å². The van der Waals surface area contributed by atoms with E-state index < -0.39 is 10.0 Å². The zero-order chi connectivity index (χ0) is 23.8. The molecular weight excluding hydrogens is 442 g/mol. The number of ether oxygens (including phenoxy) is 2. The first-order valence-electron chi connectivity index (χ1n) is 10.5. The van der Waals surface area contributed by atoms with Crippen LogP contribution in [0.25, 0.3) is 0 Å². The lowest BCUT2D eigenvalue weighted by Crippen LogP contribution is -2.30. The number of carbonyl (C=O) groups is 1. The van der Waals surface area contributed by atoms with Crippen LogP contribution in [-0.4, -0.2) is 32.0 Å². The summed E-state index contributed by atoms with van der Waals surface area (Å²) in [6.07, 6.45) is 1.60. The zero-order valence-corrected chi connectivity index (χ0v) is 19.6. The van der Waals surface area contributed by atoms with Gasteiger partial charge < -0.3 is 14.8 Å². The fourth-order valence-electron chi connectivity index (χ4n) is 2.96. The Hall–Kier alpha value is -3.43. The Balaban J connectivity index is 1.62. The second-order valence-corrected chi connectivity index (χ2v) is 9.19. The second kappa shape index (κ2) is 10.9. The second-order valence-electron chi connectivity index (χ2n) is 7.47. The molecule has 8 nitrogen and oxygen atoms in total. The lowest BCUT2D eigenvalue weighted by atomic mass is 10.2. The van der Waals surface area contributed by atoms with Crippen LogP contribution in [0.3, 0.4) is 0 Å². The molecule has 0 atom stereocenters. The number of benzene rings is 2. The van der Waals surface area contributed by atoms with E-state index in [0.29, 0.717) is 24.0 Å². The molecule has 0 aliphatic rings. The maximum atomic E-state index is 12.5. The van der Waals surface area contributed by atoms with Gasteiger partial charge in [0.1, 0.15) is 0 Å². The Kier molecular flexibility index (Phi) is 8.02. The summed E-state index contributed by atoms with van der Waals surface area (Å²) < 4.78 is 38.5. The fourth-order valence-corrected chi connectivity index (χ4v) is 4.26. The molecule has 3 rings (SSSR count). The summed E-state index contributed by atoms with van der Waals surface area (Å²) >= 11 is 0. The molecule has 0 unspecified atom stereocenters. The first kappa shape index (κ1) is 24.2. The summed E-state index contributed by atoms with van der Waals surface area (Å²) in [5, 5.41) is 2.77. The molecule has 0 saturated heterocycles. The molecule has 174 valence electrons. The van der Waals surface area contributed by atoms with E-state index in [-0.39, 0.29) is 29.0 Å². The quantitative estimate of drug-likeness (QED) is 0.467. The first-order valence-corrected chi connectivity index (χ1v) is 12.0.